The number of carbonyl (C=O) groups excluding carboxylic acids is 1. The van der Waals surface area contributed by atoms with Gasteiger partial charge in [-0.2, -0.15) is 0 Å². The van der Waals surface area contributed by atoms with Gasteiger partial charge in [0.15, 0.2) is 0 Å². The summed E-state index contributed by atoms with van der Waals surface area (Å²) in [5, 5.41) is 2.96. The molecule has 0 saturated heterocycles. The molecular weight excluding hydrogens is 380 g/mol. The average molecular weight is 399 g/mol. The monoisotopic (exact) mass is 398 g/mol. The van der Waals surface area contributed by atoms with Gasteiger partial charge in [0.1, 0.15) is 0 Å². The van der Waals surface area contributed by atoms with E-state index in [1.165, 1.54) is 21.9 Å². The molecule has 0 aliphatic carbocycles. The summed E-state index contributed by atoms with van der Waals surface area (Å²) in [5.41, 5.74) is 2.09. The zero-order valence-electron chi connectivity index (χ0n) is 14.0. The SMILES string of the molecule is CC(NC(=O)c1ccc2c(c1)CCCN2S(C)(=O)=O)c1ccc(Cl)s1. The molecule has 134 valence electrons. The van der Waals surface area contributed by atoms with Crippen molar-refractivity contribution in [1.29, 1.82) is 0 Å². The number of thiophene rings is 1. The topological polar surface area (TPSA) is 66.5 Å². The summed E-state index contributed by atoms with van der Waals surface area (Å²) in [4.78, 5) is 13.5. The van der Waals surface area contributed by atoms with Gasteiger partial charge < -0.3 is 5.32 Å². The molecule has 0 spiro atoms. The van der Waals surface area contributed by atoms with Gasteiger partial charge in [-0.05, 0) is 55.7 Å². The quantitative estimate of drug-likeness (QED) is 0.855. The van der Waals surface area contributed by atoms with Gasteiger partial charge in [-0.25, -0.2) is 8.42 Å². The van der Waals surface area contributed by atoms with E-state index in [4.69, 9.17) is 11.6 Å². The van der Waals surface area contributed by atoms with Crippen molar-refractivity contribution in [3.63, 3.8) is 0 Å². The molecule has 1 aliphatic rings. The zero-order valence-corrected chi connectivity index (χ0v) is 16.3. The molecule has 0 radical (unpaired) electrons. The van der Waals surface area contributed by atoms with Gasteiger partial charge in [0.05, 0.1) is 22.3 Å². The van der Waals surface area contributed by atoms with Crippen LogP contribution in [-0.4, -0.2) is 27.1 Å². The average Bonchev–Trinajstić information content (AvgIpc) is 2.99. The Bertz CT molecular complexity index is 908. The second-order valence-electron chi connectivity index (χ2n) is 6.12. The molecule has 25 heavy (non-hydrogen) atoms. The highest BCUT2D eigenvalue weighted by atomic mass is 35.5. The lowest BCUT2D eigenvalue weighted by atomic mass is 10.0. The number of carbonyl (C=O) groups is 1. The van der Waals surface area contributed by atoms with E-state index in [-0.39, 0.29) is 11.9 Å². The molecule has 3 rings (SSSR count). The summed E-state index contributed by atoms with van der Waals surface area (Å²) >= 11 is 7.38. The Morgan fingerprint density at radius 2 is 2.08 bits per heavy atom. The molecular formula is C17H19ClN2O3S2. The van der Waals surface area contributed by atoms with Crippen molar-refractivity contribution in [3.05, 3.63) is 50.7 Å². The number of nitrogens with one attached hydrogen (secondary N) is 1. The lowest BCUT2D eigenvalue weighted by molar-refractivity contribution is 0.0940. The molecule has 2 aromatic rings. The van der Waals surface area contributed by atoms with Gasteiger partial charge in [0.25, 0.3) is 5.91 Å². The first kappa shape index (κ1) is 18.2. The molecule has 1 N–H and O–H groups in total. The first-order chi connectivity index (χ1) is 11.8. The molecule has 1 aliphatic heterocycles. The van der Waals surface area contributed by atoms with E-state index in [1.54, 1.807) is 18.2 Å². The second kappa shape index (κ2) is 6.97. The lowest BCUT2D eigenvalue weighted by Gasteiger charge is -2.29. The van der Waals surface area contributed by atoms with Crippen molar-refractivity contribution >= 4 is 44.6 Å². The highest BCUT2D eigenvalue weighted by molar-refractivity contribution is 7.92. The summed E-state index contributed by atoms with van der Waals surface area (Å²) in [6.45, 7) is 2.39. The second-order valence-corrected chi connectivity index (χ2v) is 9.77. The van der Waals surface area contributed by atoms with Crippen LogP contribution in [-0.2, 0) is 16.4 Å². The number of fused-ring (bicyclic) bond motifs is 1. The van der Waals surface area contributed by atoms with Crippen LogP contribution in [0.25, 0.3) is 0 Å². The van der Waals surface area contributed by atoms with Crippen molar-refractivity contribution in [2.75, 3.05) is 17.1 Å². The molecule has 2 heterocycles. The maximum atomic E-state index is 12.5. The largest absolute Gasteiger partial charge is 0.345 e. The van der Waals surface area contributed by atoms with E-state index < -0.39 is 10.0 Å². The van der Waals surface area contributed by atoms with Gasteiger partial charge in [-0.15, -0.1) is 11.3 Å². The van der Waals surface area contributed by atoms with Crippen LogP contribution in [0.1, 0.15) is 40.2 Å². The summed E-state index contributed by atoms with van der Waals surface area (Å²) in [7, 11) is -3.30. The predicted molar refractivity (Wildman–Crippen MR) is 102 cm³/mol. The third-order valence-electron chi connectivity index (χ3n) is 4.19. The van der Waals surface area contributed by atoms with Gasteiger partial charge in [0.2, 0.25) is 10.0 Å². The van der Waals surface area contributed by atoms with Crippen LogP contribution in [0, 0.1) is 0 Å². The number of rotatable bonds is 4. The number of hydrogen-bond acceptors (Lipinski definition) is 4. The molecule has 8 heteroatoms. The van der Waals surface area contributed by atoms with Gasteiger partial charge in [-0.3, -0.25) is 9.10 Å². The molecule has 1 aromatic heterocycles. The highest BCUT2D eigenvalue weighted by Crippen LogP contribution is 2.30. The Morgan fingerprint density at radius 1 is 1.32 bits per heavy atom. The maximum Gasteiger partial charge on any atom is 0.251 e. The van der Waals surface area contributed by atoms with Crippen molar-refractivity contribution < 1.29 is 13.2 Å². The number of halogens is 1. The van der Waals surface area contributed by atoms with E-state index in [1.807, 2.05) is 19.1 Å². The van der Waals surface area contributed by atoms with E-state index in [9.17, 15) is 13.2 Å². The minimum atomic E-state index is -3.30. The maximum absolute atomic E-state index is 12.5. The van der Waals surface area contributed by atoms with Crippen molar-refractivity contribution in [3.8, 4) is 0 Å². The highest BCUT2D eigenvalue weighted by Gasteiger charge is 2.25. The first-order valence-corrected chi connectivity index (χ1v) is 11.0. The summed E-state index contributed by atoms with van der Waals surface area (Å²) < 4.78 is 25.9. The third-order valence-corrected chi connectivity index (χ3v) is 6.78. The van der Waals surface area contributed by atoms with Crippen LogP contribution in [0.2, 0.25) is 4.34 Å². The van der Waals surface area contributed by atoms with E-state index in [2.05, 4.69) is 5.32 Å². The van der Waals surface area contributed by atoms with Crippen LogP contribution in [0.15, 0.2) is 30.3 Å². The Balaban J connectivity index is 1.81. The molecule has 0 fully saturated rings. The number of hydrogen-bond donors (Lipinski definition) is 1. The summed E-state index contributed by atoms with van der Waals surface area (Å²) in [5.74, 6) is -0.184. The fourth-order valence-corrected chi connectivity index (χ4v) is 5.02. The minimum absolute atomic E-state index is 0.145. The number of amides is 1. The van der Waals surface area contributed by atoms with Crippen molar-refractivity contribution in [2.24, 2.45) is 0 Å². The Kier molecular flexibility index (Phi) is 5.09. The van der Waals surface area contributed by atoms with Crippen LogP contribution >= 0.6 is 22.9 Å². The molecule has 1 aromatic carbocycles. The smallest absolute Gasteiger partial charge is 0.251 e. The summed E-state index contributed by atoms with van der Waals surface area (Å²) in [6, 6.07) is 8.74. The number of anilines is 1. The van der Waals surface area contributed by atoms with E-state index in [0.29, 0.717) is 22.1 Å². The minimum Gasteiger partial charge on any atom is -0.345 e. The molecule has 1 atom stereocenters. The van der Waals surface area contributed by atoms with Gasteiger partial charge in [-0.1, -0.05) is 11.6 Å². The van der Waals surface area contributed by atoms with E-state index >= 15 is 0 Å². The molecule has 1 unspecified atom stereocenters. The molecule has 0 bridgehead atoms. The Morgan fingerprint density at radius 3 is 2.72 bits per heavy atom. The molecule has 0 saturated carbocycles. The predicted octanol–water partition coefficient (Wildman–Crippen LogP) is 3.60. The molecule has 1 amide bonds. The number of nitrogens with zero attached hydrogens (tertiary/aromatic N) is 1. The number of sulfonamides is 1. The van der Waals surface area contributed by atoms with Crippen LogP contribution < -0.4 is 9.62 Å². The Labute approximate surface area is 156 Å². The van der Waals surface area contributed by atoms with E-state index in [0.717, 1.165) is 23.3 Å². The fraction of sp³-hybridized carbons (Fsp3) is 0.353. The van der Waals surface area contributed by atoms with Gasteiger partial charge >= 0.3 is 0 Å². The van der Waals surface area contributed by atoms with Crippen LogP contribution in [0.4, 0.5) is 5.69 Å². The number of benzene rings is 1. The van der Waals surface area contributed by atoms with Gasteiger partial charge in [0, 0.05) is 17.0 Å². The normalized spacial score (nSPS) is 15.6. The third kappa shape index (κ3) is 3.99. The van der Waals surface area contributed by atoms with Crippen molar-refractivity contribution in [2.45, 2.75) is 25.8 Å². The lowest BCUT2D eigenvalue weighted by Crippen LogP contribution is -2.34. The zero-order chi connectivity index (χ0) is 18.2. The first-order valence-electron chi connectivity index (χ1n) is 7.92. The standard InChI is InChI=1S/C17H19ClN2O3S2/c1-11(15-7-8-16(18)24-15)19-17(21)13-5-6-14-12(10-13)4-3-9-20(14)25(2,22)23/h5-8,10-11H,3-4,9H2,1-2H3,(H,19,21). The Hall–Kier alpha value is -1.57. The summed E-state index contributed by atoms with van der Waals surface area (Å²) in [6.07, 6.45) is 2.71. The fourth-order valence-electron chi connectivity index (χ4n) is 2.96. The van der Waals surface area contributed by atoms with Crippen LogP contribution in [0.5, 0.6) is 0 Å². The van der Waals surface area contributed by atoms with Crippen LogP contribution in [0.3, 0.4) is 0 Å². The number of aryl methyl sites for hydroxylation is 1. The van der Waals surface area contributed by atoms with Crippen molar-refractivity contribution in [1.82, 2.24) is 5.32 Å². The molecule has 5 nitrogen and oxygen atoms in total.